The smallest absolute Gasteiger partial charge is 0.155 e. The van der Waals surface area contributed by atoms with E-state index in [1.807, 2.05) is 62.3 Å². The van der Waals surface area contributed by atoms with Crippen LogP contribution in [0, 0.1) is 6.92 Å². The van der Waals surface area contributed by atoms with Gasteiger partial charge in [0.25, 0.3) is 0 Å². The summed E-state index contributed by atoms with van der Waals surface area (Å²) in [5.41, 5.74) is 4.88. The maximum Gasteiger partial charge on any atom is 0.155 e. The molecule has 37 heavy (non-hydrogen) atoms. The Kier molecular flexibility index (Phi) is 6.00. The van der Waals surface area contributed by atoms with Crippen molar-refractivity contribution in [2.75, 3.05) is 23.4 Å². The summed E-state index contributed by atoms with van der Waals surface area (Å²) in [5, 5.41) is 10.6. The van der Waals surface area contributed by atoms with E-state index >= 15 is 0 Å². The second kappa shape index (κ2) is 9.61. The van der Waals surface area contributed by atoms with E-state index in [9.17, 15) is 0 Å². The maximum absolute atomic E-state index is 6.29. The molecule has 1 unspecified atom stereocenters. The molecular weight excluding hydrogens is 464 g/mol. The summed E-state index contributed by atoms with van der Waals surface area (Å²) in [6.07, 6.45) is 13.5. The first kappa shape index (κ1) is 23.1. The molecule has 0 spiro atoms. The molecule has 3 aliphatic heterocycles. The molecule has 1 saturated heterocycles. The van der Waals surface area contributed by atoms with Crippen LogP contribution in [-0.2, 0) is 0 Å². The molecule has 0 aliphatic carbocycles. The standard InChI is InChI=1S/C29H30N6O2/c1-4-21-16-23(12-14-35(21)32-5-2)37-26-11-8-20(15-19(26)3)33-29-27-24(30-18-31-29)9-10-25-28(27)36-17-22-7-6-13-34(22)25/h4-5,8-12,14-16,18,22H,6-7,13,17H2,1-3H3,(H,30,31,33)/b21-4?,32-5-. The van der Waals surface area contributed by atoms with Crippen LogP contribution in [0.5, 0.6) is 11.5 Å². The van der Waals surface area contributed by atoms with Crippen molar-refractivity contribution in [3.8, 4) is 11.5 Å². The average Bonchev–Trinajstić information content (AvgIpc) is 3.40. The van der Waals surface area contributed by atoms with Crippen molar-refractivity contribution in [3.63, 3.8) is 0 Å². The SMILES string of the molecule is CC=C1C=C(Oc2ccc(Nc3ncnc4ccc5c(c34)OCC3CCCN53)cc2C)C=CN1/N=C\C. The molecule has 188 valence electrons. The van der Waals surface area contributed by atoms with Gasteiger partial charge in [0, 0.05) is 30.7 Å². The zero-order valence-corrected chi connectivity index (χ0v) is 21.3. The predicted octanol–water partition coefficient (Wildman–Crippen LogP) is 6.04. The van der Waals surface area contributed by atoms with Gasteiger partial charge in [0.15, 0.2) is 5.75 Å². The van der Waals surface area contributed by atoms with Crippen molar-refractivity contribution in [2.45, 2.75) is 39.7 Å². The van der Waals surface area contributed by atoms with Crippen LogP contribution in [0.3, 0.4) is 0 Å². The highest BCUT2D eigenvalue weighted by molar-refractivity contribution is 6.00. The number of hydrogen-bond acceptors (Lipinski definition) is 8. The Balaban J connectivity index is 1.27. The van der Waals surface area contributed by atoms with Crippen molar-refractivity contribution < 1.29 is 9.47 Å². The number of aryl methyl sites for hydroxylation is 1. The highest BCUT2D eigenvalue weighted by Gasteiger charge is 2.33. The minimum absolute atomic E-state index is 0.460. The van der Waals surface area contributed by atoms with E-state index in [4.69, 9.17) is 9.47 Å². The lowest BCUT2D eigenvalue weighted by atomic mass is 10.1. The molecule has 1 N–H and O–H groups in total. The van der Waals surface area contributed by atoms with E-state index in [0.29, 0.717) is 12.6 Å². The summed E-state index contributed by atoms with van der Waals surface area (Å²) in [7, 11) is 0. The van der Waals surface area contributed by atoms with Gasteiger partial charge in [-0.1, -0.05) is 6.08 Å². The van der Waals surface area contributed by atoms with E-state index < -0.39 is 0 Å². The fourth-order valence-corrected chi connectivity index (χ4v) is 5.19. The largest absolute Gasteiger partial charge is 0.488 e. The number of nitrogens with one attached hydrogen (secondary N) is 1. The number of benzene rings is 2. The molecule has 1 atom stereocenters. The second-order valence-corrected chi connectivity index (χ2v) is 9.33. The fourth-order valence-electron chi connectivity index (χ4n) is 5.19. The summed E-state index contributed by atoms with van der Waals surface area (Å²) in [6, 6.07) is 10.7. The molecule has 0 amide bonds. The first-order valence-electron chi connectivity index (χ1n) is 12.7. The van der Waals surface area contributed by atoms with Crippen molar-refractivity contribution in [1.82, 2.24) is 15.0 Å². The maximum atomic E-state index is 6.29. The lowest BCUT2D eigenvalue weighted by Crippen LogP contribution is -2.38. The van der Waals surface area contributed by atoms with Crippen molar-refractivity contribution in [3.05, 3.63) is 78.1 Å². The monoisotopic (exact) mass is 494 g/mol. The van der Waals surface area contributed by atoms with Gasteiger partial charge < -0.3 is 19.7 Å². The molecule has 6 rings (SSSR count). The molecule has 8 heteroatoms. The van der Waals surface area contributed by atoms with Crippen LogP contribution in [0.15, 0.2) is 77.6 Å². The Morgan fingerprint density at radius 3 is 2.95 bits per heavy atom. The molecule has 8 nitrogen and oxygen atoms in total. The minimum Gasteiger partial charge on any atom is -0.488 e. The number of aromatic nitrogens is 2. The number of allylic oxidation sites excluding steroid dienone is 3. The van der Waals surface area contributed by atoms with Crippen molar-refractivity contribution in [2.24, 2.45) is 5.10 Å². The van der Waals surface area contributed by atoms with Crippen LogP contribution in [0.25, 0.3) is 10.9 Å². The molecule has 4 heterocycles. The van der Waals surface area contributed by atoms with Crippen LogP contribution in [-0.4, -0.2) is 40.4 Å². The van der Waals surface area contributed by atoms with E-state index in [2.05, 4.69) is 43.5 Å². The van der Waals surface area contributed by atoms with Gasteiger partial charge in [0.05, 0.1) is 28.3 Å². The van der Waals surface area contributed by atoms with Crippen LogP contribution in [0.1, 0.15) is 32.3 Å². The van der Waals surface area contributed by atoms with E-state index in [-0.39, 0.29) is 0 Å². The average molecular weight is 495 g/mol. The van der Waals surface area contributed by atoms with Gasteiger partial charge >= 0.3 is 0 Å². The number of fused-ring (bicyclic) bond motifs is 5. The van der Waals surface area contributed by atoms with Gasteiger partial charge in [0.1, 0.15) is 30.3 Å². The number of hydrazone groups is 1. The summed E-state index contributed by atoms with van der Waals surface area (Å²) in [4.78, 5) is 11.6. The zero-order chi connectivity index (χ0) is 25.4. The number of hydrogen-bond donors (Lipinski definition) is 1. The van der Waals surface area contributed by atoms with Crippen molar-refractivity contribution in [1.29, 1.82) is 0 Å². The predicted molar refractivity (Wildman–Crippen MR) is 147 cm³/mol. The first-order chi connectivity index (χ1) is 18.1. The third-order valence-corrected chi connectivity index (χ3v) is 6.98. The van der Waals surface area contributed by atoms with Crippen LogP contribution >= 0.6 is 0 Å². The third kappa shape index (κ3) is 4.28. The number of anilines is 3. The van der Waals surface area contributed by atoms with E-state index in [1.54, 1.807) is 12.5 Å². The summed E-state index contributed by atoms with van der Waals surface area (Å²) in [6.45, 7) is 7.68. The molecule has 0 radical (unpaired) electrons. The fraction of sp³-hybridized carbons (Fsp3) is 0.276. The highest BCUT2D eigenvalue weighted by atomic mass is 16.5. The Morgan fingerprint density at radius 1 is 1.19 bits per heavy atom. The van der Waals surface area contributed by atoms with Gasteiger partial charge in [0.2, 0.25) is 0 Å². The number of rotatable bonds is 5. The molecule has 2 aromatic carbocycles. The summed E-state index contributed by atoms with van der Waals surface area (Å²) >= 11 is 0. The Labute approximate surface area is 216 Å². The Bertz CT molecular complexity index is 1470. The molecule has 0 saturated carbocycles. The summed E-state index contributed by atoms with van der Waals surface area (Å²) in [5.74, 6) is 3.15. The first-order valence-corrected chi connectivity index (χ1v) is 12.7. The van der Waals surface area contributed by atoms with E-state index in [1.165, 1.54) is 12.8 Å². The molecule has 0 bridgehead atoms. The van der Waals surface area contributed by atoms with Crippen LogP contribution < -0.4 is 19.7 Å². The molecular formula is C29H30N6O2. The molecule has 3 aliphatic rings. The Hall–Kier alpha value is -4.33. The number of nitrogens with zero attached hydrogens (tertiary/aromatic N) is 5. The Morgan fingerprint density at radius 2 is 2.11 bits per heavy atom. The van der Waals surface area contributed by atoms with E-state index in [0.717, 1.165) is 63.2 Å². The summed E-state index contributed by atoms with van der Waals surface area (Å²) < 4.78 is 12.5. The zero-order valence-electron chi connectivity index (χ0n) is 21.3. The number of ether oxygens (including phenoxy) is 2. The van der Waals surface area contributed by atoms with Gasteiger partial charge in [-0.2, -0.15) is 5.10 Å². The second-order valence-electron chi connectivity index (χ2n) is 9.33. The third-order valence-electron chi connectivity index (χ3n) is 6.98. The molecule has 3 aromatic rings. The van der Waals surface area contributed by atoms with Gasteiger partial charge in [-0.05, 0) is 75.6 Å². The quantitative estimate of drug-likeness (QED) is 0.433. The molecule has 1 fully saturated rings. The lowest BCUT2D eigenvalue weighted by Gasteiger charge is -2.34. The van der Waals surface area contributed by atoms with Crippen LogP contribution in [0.4, 0.5) is 17.2 Å². The van der Waals surface area contributed by atoms with Gasteiger partial charge in [-0.15, -0.1) is 0 Å². The minimum atomic E-state index is 0.460. The van der Waals surface area contributed by atoms with Crippen LogP contribution in [0.2, 0.25) is 0 Å². The molecule has 1 aromatic heterocycles. The highest BCUT2D eigenvalue weighted by Crippen LogP contribution is 2.44. The van der Waals surface area contributed by atoms with Crippen molar-refractivity contribution >= 4 is 34.3 Å². The van der Waals surface area contributed by atoms with Gasteiger partial charge in [-0.3, -0.25) is 0 Å². The normalized spacial score (nSPS) is 19.7. The lowest BCUT2D eigenvalue weighted by molar-refractivity contribution is 0.275. The van der Waals surface area contributed by atoms with Gasteiger partial charge in [-0.25, -0.2) is 15.0 Å². The topological polar surface area (TPSA) is 75.1 Å².